The number of Topliss-reactive ketones (excluding diaryl/α,β-unsaturated/α-hetero) is 1. The number of methoxy groups -OCH3 is 1. The van der Waals surface area contributed by atoms with Crippen molar-refractivity contribution in [3.63, 3.8) is 0 Å². The first-order valence-corrected chi connectivity index (χ1v) is 16.2. The zero-order chi connectivity index (χ0) is 32.1. The van der Waals surface area contributed by atoms with Gasteiger partial charge in [0.25, 0.3) is 0 Å². The van der Waals surface area contributed by atoms with Crippen molar-refractivity contribution in [1.29, 1.82) is 0 Å². The lowest BCUT2D eigenvalue weighted by molar-refractivity contribution is -0.121. The van der Waals surface area contributed by atoms with E-state index in [0.717, 1.165) is 57.4 Å². The summed E-state index contributed by atoms with van der Waals surface area (Å²) in [5.41, 5.74) is 8.32. The fourth-order valence-electron chi connectivity index (χ4n) is 7.51. The molecule has 0 radical (unpaired) electrons. The van der Waals surface area contributed by atoms with Gasteiger partial charge >= 0.3 is 6.09 Å². The molecule has 3 aliphatic rings. The summed E-state index contributed by atoms with van der Waals surface area (Å²) >= 11 is 0. The Balaban J connectivity index is 0.00000364. The quantitative estimate of drug-likeness (QED) is 0.166. The maximum absolute atomic E-state index is 13.7. The molecule has 8 rings (SSSR count). The Morgan fingerprint density at radius 1 is 0.938 bits per heavy atom. The Morgan fingerprint density at radius 2 is 1.56 bits per heavy atom. The molecular formula is C36H38ClN7O4. The molecule has 12 heteroatoms. The Labute approximate surface area is 284 Å². The predicted molar refractivity (Wildman–Crippen MR) is 183 cm³/mol. The topological polar surface area (TPSA) is 150 Å². The maximum Gasteiger partial charge on any atom is 0.407 e. The number of imidazole rings is 2. The fourth-order valence-corrected chi connectivity index (χ4v) is 7.51. The van der Waals surface area contributed by atoms with Crippen LogP contribution in [0.5, 0.6) is 0 Å². The van der Waals surface area contributed by atoms with Crippen LogP contribution >= 0.6 is 12.4 Å². The number of alkyl carbamates (subject to hydrolysis) is 1. The molecule has 1 saturated heterocycles. The molecule has 5 atom stereocenters. The lowest BCUT2D eigenvalue weighted by atomic mass is 9.79. The lowest BCUT2D eigenvalue weighted by Crippen LogP contribution is -2.44. The summed E-state index contributed by atoms with van der Waals surface area (Å²) < 4.78 is 7.02. The van der Waals surface area contributed by atoms with E-state index in [0.29, 0.717) is 32.4 Å². The van der Waals surface area contributed by atoms with Crippen LogP contribution in [0.4, 0.5) is 4.79 Å². The molecule has 0 spiro atoms. The number of aromatic amines is 2. The summed E-state index contributed by atoms with van der Waals surface area (Å²) in [6, 6.07) is 18.6. The first-order chi connectivity index (χ1) is 22.9. The Kier molecular flexibility index (Phi) is 8.67. The normalized spacial score (nSPS) is 23.2. The minimum absolute atomic E-state index is 0. The number of halogens is 1. The van der Waals surface area contributed by atoms with Gasteiger partial charge in [0.1, 0.15) is 17.4 Å². The minimum atomic E-state index is -0.508. The standard InChI is InChI=1S/C36H37N7O4.ClH/c1-47-36(46)42-27-11-10-24-12-13-43-19-25(14-31(45)32(27)33(24)43)34-38-17-29(40-34)22-6-2-20(3-7-22)21-4-8-23(9-5-21)30-18-39-35(41-30)28-15-26(44)16-37-28;/h2-9,12-13,17-18,25-28,32,37,44H,10-11,14-16,19H2,1H3,(H,38,40)(H,39,41)(H,42,46);1H/t25-,26-,27-,28-,32?;/m0./s1. The number of benzene rings is 2. The van der Waals surface area contributed by atoms with Crippen LogP contribution in [0.1, 0.15) is 60.0 Å². The molecule has 248 valence electrons. The number of rotatable bonds is 6. The first kappa shape index (κ1) is 31.9. The van der Waals surface area contributed by atoms with E-state index in [2.05, 4.69) is 90.9 Å². The highest BCUT2D eigenvalue weighted by Crippen LogP contribution is 2.40. The minimum Gasteiger partial charge on any atom is -0.453 e. The summed E-state index contributed by atoms with van der Waals surface area (Å²) in [7, 11) is 1.34. The van der Waals surface area contributed by atoms with Gasteiger partial charge < -0.3 is 35.0 Å². The molecule has 1 amide bonds. The van der Waals surface area contributed by atoms with E-state index in [-0.39, 0.29) is 42.3 Å². The maximum atomic E-state index is 13.7. The number of β-amino-alcohol motifs (C(OH)–C–C–N with tert-alkyl or cyclic N) is 1. The number of hydrogen-bond donors (Lipinski definition) is 5. The molecule has 11 nitrogen and oxygen atoms in total. The van der Waals surface area contributed by atoms with Crippen molar-refractivity contribution < 1.29 is 19.4 Å². The summed E-state index contributed by atoms with van der Waals surface area (Å²) in [4.78, 5) is 41.9. The summed E-state index contributed by atoms with van der Waals surface area (Å²) in [6.07, 6.45) is 7.43. The van der Waals surface area contributed by atoms with E-state index in [9.17, 15) is 14.7 Å². The molecule has 5 aromatic rings. The number of aliphatic hydroxyl groups is 1. The molecule has 1 fully saturated rings. The third-order valence-electron chi connectivity index (χ3n) is 9.96. The van der Waals surface area contributed by atoms with E-state index in [4.69, 9.17) is 9.72 Å². The van der Waals surface area contributed by atoms with Crippen LogP contribution in [-0.4, -0.2) is 67.3 Å². The van der Waals surface area contributed by atoms with Gasteiger partial charge in [-0.2, -0.15) is 0 Å². The highest BCUT2D eigenvalue weighted by atomic mass is 35.5. The molecule has 1 aliphatic carbocycles. The highest BCUT2D eigenvalue weighted by Gasteiger charge is 2.41. The fraction of sp³-hybridized carbons (Fsp3) is 0.333. The largest absolute Gasteiger partial charge is 0.453 e. The van der Waals surface area contributed by atoms with Crippen molar-refractivity contribution >= 4 is 24.3 Å². The second kappa shape index (κ2) is 13.1. The van der Waals surface area contributed by atoms with E-state index in [1.807, 2.05) is 12.4 Å². The van der Waals surface area contributed by atoms with Crippen LogP contribution in [0.3, 0.4) is 0 Å². The summed E-state index contributed by atoms with van der Waals surface area (Å²) in [5.74, 6) is 1.25. The molecular weight excluding hydrogens is 630 g/mol. The number of nitrogens with one attached hydrogen (secondary N) is 4. The predicted octanol–water partition coefficient (Wildman–Crippen LogP) is 5.26. The van der Waals surface area contributed by atoms with Crippen molar-refractivity contribution in [2.24, 2.45) is 0 Å². The number of ketones is 1. The molecule has 0 bridgehead atoms. The number of aliphatic hydroxyl groups excluding tert-OH is 1. The number of carbonyl (C=O) groups excluding carboxylic acids is 2. The van der Waals surface area contributed by atoms with E-state index < -0.39 is 12.0 Å². The third kappa shape index (κ3) is 5.93. The van der Waals surface area contributed by atoms with Gasteiger partial charge in [-0.15, -0.1) is 12.4 Å². The van der Waals surface area contributed by atoms with Crippen LogP contribution in [0.25, 0.3) is 33.6 Å². The van der Waals surface area contributed by atoms with Gasteiger partial charge in [0.2, 0.25) is 0 Å². The number of carbonyl (C=O) groups is 2. The average molecular weight is 668 g/mol. The number of aromatic nitrogens is 5. The van der Waals surface area contributed by atoms with E-state index >= 15 is 0 Å². The van der Waals surface area contributed by atoms with Crippen LogP contribution < -0.4 is 10.6 Å². The van der Waals surface area contributed by atoms with Gasteiger partial charge in [-0.25, -0.2) is 14.8 Å². The van der Waals surface area contributed by atoms with Crippen molar-refractivity contribution in [3.05, 3.63) is 96.1 Å². The van der Waals surface area contributed by atoms with E-state index in [1.54, 1.807) is 0 Å². The smallest absolute Gasteiger partial charge is 0.407 e. The second-order valence-electron chi connectivity index (χ2n) is 12.9. The molecule has 3 aromatic heterocycles. The molecule has 48 heavy (non-hydrogen) atoms. The highest BCUT2D eigenvalue weighted by molar-refractivity contribution is 5.88. The Hall–Kier alpha value is -4.71. The molecule has 1 unspecified atom stereocenters. The van der Waals surface area contributed by atoms with E-state index in [1.165, 1.54) is 12.7 Å². The Morgan fingerprint density at radius 3 is 2.19 bits per heavy atom. The Bertz CT molecular complexity index is 1930. The molecule has 5 N–H and O–H groups in total. The van der Waals surface area contributed by atoms with Gasteiger partial charge in [-0.05, 0) is 53.1 Å². The summed E-state index contributed by atoms with van der Waals surface area (Å²) in [5, 5.41) is 16.0. The molecule has 5 heterocycles. The van der Waals surface area contributed by atoms with Crippen LogP contribution in [-0.2, 0) is 22.5 Å². The number of amides is 1. The van der Waals surface area contributed by atoms with Gasteiger partial charge in [-0.1, -0.05) is 48.5 Å². The van der Waals surface area contributed by atoms with Crippen LogP contribution in [0.2, 0.25) is 0 Å². The van der Waals surface area contributed by atoms with Crippen molar-refractivity contribution in [1.82, 2.24) is 35.1 Å². The number of nitrogens with zero attached hydrogens (tertiary/aromatic N) is 3. The second-order valence-corrected chi connectivity index (χ2v) is 12.9. The molecule has 2 aromatic carbocycles. The SMILES string of the molecule is COC(=O)N[C@H]1CCc2ccn3c2C1C(=O)C[C@H](c1ncc(-c2ccc(-c4ccc(-c5cnc([C@@H]6C[C@H](O)CN6)[nH]5)cc4)cc2)[nH]1)C3.Cl. The molecule has 2 aliphatic heterocycles. The monoisotopic (exact) mass is 667 g/mol. The van der Waals surface area contributed by atoms with Gasteiger partial charge in [0, 0.05) is 43.4 Å². The lowest BCUT2D eigenvalue weighted by Gasteiger charge is -2.31. The number of H-pyrrole nitrogens is 2. The van der Waals surface area contributed by atoms with Crippen LogP contribution in [0.15, 0.2) is 73.2 Å². The zero-order valence-electron chi connectivity index (χ0n) is 26.5. The van der Waals surface area contributed by atoms with Crippen LogP contribution in [0, 0.1) is 0 Å². The zero-order valence-corrected chi connectivity index (χ0v) is 27.3. The van der Waals surface area contributed by atoms with Gasteiger partial charge in [0.15, 0.2) is 0 Å². The molecule has 0 saturated carbocycles. The van der Waals surface area contributed by atoms with Crippen molar-refractivity contribution in [3.8, 4) is 33.6 Å². The van der Waals surface area contributed by atoms with Gasteiger partial charge in [-0.3, -0.25) is 4.79 Å². The number of aryl methyl sites for hydroxylation is 1. The first-order valence-electron chi connectivity index (χ1n) is 16.2. The van der Waals surface area contributed by atoms with Crippen molar-refractivity contribution in [2.45, 2.75) is 62.3 Å². The summed E-state index contributed by atoms with van der Waals surface area (Å²) in [6.45, 7) is 1.23. The third-order valence-corrected chi connectivity index (χ3v) is 9.96. The number of hydrogen-bond acceptors (Lipinski definition) is 7. The van der Waals surface area contributed by atoms with Crippen molar-refractivity contribution in [2.75, 3.05) is 13.7 Å². The average Bonchev–Trinajstić information content (AvgIpc) is 3.91. The van der Waals surface area contributed by atoms with Gasteiger partial charge in [0.05, 0.1) is 49.0 Å². The number of ether oxygens (including phenoxy) is 1.